The molecule has 3 nitrogen and oxygen atoms in total. The van der Waals surface area contributed by atoms with E-state index in [0.29, 0.717) is 11.2 Å². The summed E-state index contributed by atoms with van der Waals surface area (Å²) < 4.78 is 0. The normalized spacial score (nSPS) is 22.9. The van der Waals surface area contributed by atoms with Crippen LogP contribution in [0.1, 0.15) is 18.4 Å². The Balaban J connectivity index is 1.96. The molecule has 2 rings (SSSR count). The van der Waals surface area contributed by atoms with Crippen molar-refractivity contribution in [2.75, 3.05) is 13.1 Å². The van der Waals surface area contributed by atoms with Crippen molar-refractivity contribution in [1.29, 1.82) is 0 Å². The monoisotopic (exact) mass is 225 g/mol. The first kappa shape index (κ1) is 10.9. The van der Waals surface area contributed by atoms with Gasteiger partial charge in [0.25, 0.3) is 0 Å². The second-order valence-corrected chi connectivity index (χ2v) is 4.51. The van der Waals surface area contributed by atoms with Crippen LogP contribution in [-0.4, -0.2) is 29.0 Å². The van der Waals surface area contributed by atoms with Crippen LogP contribution in [-0.2, 0) is 6.54 Å². The minimum atomic E-state index is 0.330. The Hall–Kier alpha value is -0.640. The highest BCUT2D eigenvalue weighted by molar-refractivity contribution is 6.29. The van der Waals surface area contributed by atoms with E-state index < -0.39 is 0 Å². The molecule has 1 aliphatic heterocycles. The highest BCUT2D eigenvalue weighted by atomic mass is 35.5. The van der Waals surface area contributed by atoms with Crippen molar-refractivity contribution in [2.24, 2.45) is 5.73 Å². The standard InChI is InChI=1S/C11H16ClN3/c12-11-6-9(3-4-14-11)7-15-5-1-2-10(13)8-15/h3-4,6,10H,1-2,5,7-8,13H2/t10-/m0/s1. The van der Waals surface area contributed by atoms with Crippen molar-refractivity contribution in [3.63, 3.8) is 0 Å². The van der Waals surface area contributed by atoms with Crippen LogP contribution in [0.25, 0.3) is 0 Å². The van der Waals surface area contributed by atoms with Gasteiger partial charge in [-0.3, -0.25) is 4.90 Å². The minimum absolute atomic E-state index is 0.330. The van der Waals surface area contributed by atoms with E-state index in [9.17, 15) is 0 Å². The molecule has 0 radical (unpaired) electrons. The van der Waals surface area contributed by atoms with Crippen LogP contribution in [0, 0.1) is 0 Å². The Labute approximate surface area is 95.2 Å². The van der Waals surface area contributed by atoms with Gasteiger partial charge in [0.15, 0.2) is 0 Å². The number of nitrogens with zero attached hydrogens (tertiary/aromatic N) is 2. The van der Waals surface area contributed by atoms with Gasteiger partial charge in [0.1, 0.15) is 5.15 Å². The second-order valence-electron chi connectivity index (χ2n) is 4.12. The number of rotatable bonds is 2. The highest BCUT2D eigenvalue weighted by Gasteiger charge is 2.16. The first-order valence-electron chi connectivity index (χ1n) is 5.32. The third-order valence-corrected chi connectivity index (χ3v) is 2.95. The summed E-state index contributed by atoms with van der Waals surface area (Å²) in [6.07, 6.45) is 4.09. The zero-order valence-corrected chi connectivity index (χ0v) is 9.45. The summed E-state index contributed by atoms with van der Waals surface area (Å²) in [6.45, 7) is 3.05. The van der Waals surface area contributed by atoms with E-state index in [1.54, 1.807) is 6.20 Å². The lowest BCUT2D eigenvalue weighted by molar-refractivity contribution is 0.201. The average Bonchev–Trinajstić information content (AvgIpc) is 2.17. The first-order valence-corrected chi connectivity index (χ1v) is 5.70. The summed E-state index contributed by atoms with van der Waals surface area (Å²) in [5, 5.41) is 0.564. The van der Waals surface area contributed by atoms with E-state index in [1.807, 2.05) is 12.1 Å². The maximum atomic E-state index is 5.93. The SMILES string of the molecule is N[C@H]1CCCN(Cc2ccnc(Cl)c2)C1. The third-order valence-electron chi connectivity index (χ3n) is 2.74. The molecule has 1 saturated heterocycles. The van der Waals surface area contributed by atoms with Gasteiger partial charge in [-0.25, -0.2) is 4.98 Å². The molecule has 2 N–H and O–H groups in total. The molecule has 0 bridgehead atoms. The van der Waals surface area contributed by atoms with Crippen LogP contribution in [0.4, 0.5) is 0 Å². The molecule has 1 aromatic rings. The Bertz CT molecular complexity index is 329. The molecule has 0 spiro atoms. The summed E-state index contributed by atoms with van der Waals surface area (Å²) in [5.74, 6) is 0. The molecule has 1 aromatic heterocycles. The molecule has 0 unspecified atom stereocenters. The Morgan fingerprint density at radius 1 is 1.60 bits per heavy atom. The number of aromatic nitrogens is 1. The second kappa shape index (κ2) is 4.92. The van der Waals surface area contributed by atoms with Crippen molar-refractivity contribution in [3.05, 3.63) is 29.0 Å². The van der Waals surface area contributed by atoms with Crippen LogP contribution >= 0.6 is 11.6 Å². The van der Waals surface area contributed by atoms with E-state index in [-0.39, 0.29) is 0 Å². The number of likely N-dealkylation sites (tertiary alicyclic amines) is 1. The van der Waals surface area contributed by atoms with E-state index in [1.165, 1.54) is 12.0 Å². The van der Waals surface area contributed by atoms with Gasteiger partial charge in [-0.05, 0) is 37.1 Å². The van der Waals surface area contributed by atoms with Gasteiger partial charge >= 0.3 is 0 Å². The fourth-order valence-corrected chi connectivity index (χ4v) is 2.23. The van der Waals surface area contributed by atoms with Crippen molar-refractivity contribution in [3.8, 4) is 0 Å². The van der Waals surface area contributed by atoms with E-state index in [0.717, 1.165) is 26.1 Å². The number of pyridine rings is 1. The van der Waals surface area contributed by atoms with Gasteiger partial charge < -0.3 is 5.73 Å². The van der Waals surface area contributed by atoms with Crippen LogP contribution < -0.4 is 5.73 Å². The molecule has 1 atom stereocenters. The molecule has 82 valence electrons. The topological polar surface area (TPSA) is 42.1 Å². The van der Waals surface area contributed by atoms with Gasteiger partial charge in [0.05, 0.1) is 0 Å². The van der Waals surface area contributed by atoms with Gasteiger partial charge in [-0.2, -0.15) is 0 Å². The molecular formula is C11H16ClN3. The van der Waals surface area contributed by atoms with Crippen molar-refractivity contribution < 1.29 is 0 Å². The molecule has 0 aliphatic carbocycles. The zero-order chi connectivity index (χ0) is 10.7. The first-order chi connectivity index (χ1) is 7.24. The summed E-state index contributed by atoms with van der Waals surface area (Å²) in [5.41, 5.74) is 7.14. The van der Waals surface area contributed by atoms with E-state index in [4.69, 9.17) is 17.3 Å². The summed E-state index contributed by atoms with van der Waals surface area (Å²) in [7, 11) is 0. The number of piperidine rings is 1. The fraction of sp³-hybridized carbons (Fsp3) is 0.545. The largest absolute Gasteiger partial charge is 0.327 e. The molecule has 1 fully saturated rings. The van der Waals surface area contributed by atoms with Crippen molar-refractivity contribution >= 4 is 11.6 Å². The van der Waals surface area contributed by atoms with Crippen molar-refractivity contribution in [1.82, 2.24) is 9.88 Å². The number of nitrogens with two attached hydrogens (primary N) is 1. The molecule has 0 amide bonds. The number of hydrogen-bond acceptors (Lipinski definition) is 3. The third kappa shape index (κ3) is 3.16. The fourth-order valence-electron chi connectivity index (χ4n) is 2.03. The predicted molar refractivity (Wildman–Crippen MR) is 61.7 cm³/mol. The Morgan fingerprint density at radius 2 is 2.47 bits per heavy atom. The maximum absolute atomic E-state index is 5.93. The maximum Gasteiger partial charge on any atom is 0.129 e. The van der Waals surface area contributed by atoms with Crippen LogP contribution in [0.2, 0.25) is 5.15 Å². The molecule has 2 heterocycles. The lowest BCUT2D eigenvalue weighted by Gasteiger charge is -2.30. The van der Waals surface area contributed by atoms with E-state index in [2.05, 4.69) is 9.88 Å². The summed E-state index contributed by atoms with van der Waals surface area (Å²) in [4.78, 5) is 6.34. The smallest absolute Gasteiger partial charge is 0.129 e. The summed E-state index contributed by atoms with van der Waals surface area (Å²) >= 11 is 5.84. The molecule has 0 aromatic carbocycles. The van der Waals surface area contributed by atoms with Crippen LogP contribution in [0.15, 0.2) is 18.3 Å². The molecule has 0 saturated carbocycles. The molecule has 1 aliphatic rings. The van der Waals surface area contributed by atoms with Gasteiger partial charge in [-0.15, -0.1) is 0 Å². The van der Waals surface area contributed by atoms with E-state index >= 15 is 0 Å². The molecular weight excluding hydrogens is 210 g/mol. The van der Waals surface area contributed by atoms with Crippen molar-refractivity contribution in [2.45, 2.75) is 25.4 Å². The number of halogens is 1. The van der Waals surface area contributed by atoms with Crippen LogP contribution in [0.5, 0.6) is 0 Å². The zero-order valence-electron chi connectivity index (χ0n) is 8.69. The average molecular weight is 226 g/mol. The quantitative estimate of drug-likeness (QED) is 0.779. The van der Waals surface area contributed by atoms with Gasteiger partial charge in [0, 0.05) is 25.3 Å². The summed E-state index contributed by atoms with van der Waals surface area (Å²) in [6, 6.07) is 4.25. The minimum Gasteiger partial charge on any atom is -0.327 e. The van der Waals surface area contributed by atoms with Gasteiger partial charge in [-0.1, -0.05) is 11.6 Å². The predicted octanol–water partition coefficient (Wildman–Crippen LogP) is 1.66. The van der Waals surface area contributed by atoms with Gasteiger partial charge in [0.2, 0.25) is 0 Å². The Kier molecular flexibility index (Phi) is 3.57. The number of hydrogen-bond donors (Lipinski definition) is 1. The lowest BCUT2D eigenvalue weighted by atomic mass is 10.1. The molecule has 4 heteroatoms. The highest BCUT2D eigenvalue weighted by Crippen LogP contribution is 2.14. The lowest BCUT2D eigenvalue weighted by Crippen LogP contribution is -2.42. The molecule has 15 heavy (non-hydrogen) atoms. The van der Waals surface area contributed by atoms with Crippen LogP contribution in [0.3, 0.4) is 0 Å². The Morgan fingerprint density at radius 3 is 3.20 bits per heavy atom.